The first-order valence-corrected chi connectivity index (χ1v) is 12.7. The molecule has 1 N–H and O–H groups in total. The number of rotatable bonds is 9. The summed E-state index contributed by atoms with van der Waals surface area (Å²) in [6, 6.07) is 35.5. The molecular formula is C33H29NO4. The van der Waals surface area contributed by atoms with Crippen molar-refractivity contribution in [2.24, 2.45) is 5.92 Å². The molecule has 4 aromatic carbocycles. The topological polar surface area (TPSA) is 72.5 Å². The van der Waals surface area contributed by atoms with E-state index in [0.717, 1.165) is 16.7 Å². The van der Waals surface area contributed by atoms with Crippen LogP contribution in [0.15, 0.2) is 115 Å². The van der Waals surface area contributed by atoms with Crippen LogP contribution in [0, 0.1) is 5.92 Å². The van der Waals surface area contributed by atoms with Gasteiger partial charge in [0, 0.05) is 35.3 Å². The first kappa shape index (κ1) is 25.2. The quantitative estimate of drug-likeness (QED) is 0.239. The molecule has 0 radical (unpaired) electrons. The summed E-state index contributed by atoms with van der Waals surface area (Å²) in [5.74, 6) is -0.990. The second-order valence-electron chi connectivity index (χ2n) is 9.58. The van der Waals surface area contributed by atoms with E-state index in [1.165, 1.54) is 7.11 Å². The number of benzene rings is 4. The van der Waals surface area contributed by atoms with Crippen LogP contribution >= 0.6 is 0 Å². The van der Waals surface area contributed by atoms with Crippen LogP contribution in [-0.4, -0.2) is 30.8 Å². The van der Waals surface area contributed by atoms with Gasteiger partial charge in [-0.2, -0.15) is 0 Å². The largest absolute Gasteiger partial charge is 0.467 e. The molecule has 38 heavy (non-hydrogen) atoms. The zero-order valence-corrected chi connectivity index (χ0v) is 21.1. The van der Waals surface area contributed by atoms with Crippen molar-refractivity contribution in [1.82, 2.24) is 5.32 Å². The van der Waals surface area contributed by atoms with Crippen molar-refractivity contribution in [1.29, 1.82) is 0 Å². The van der Waals surface area contributed by atoms with Gasteiger partial charge in [-0.05, 0) is 28.8 Å². The number of hydrogen-bond acceptors (Lipinski definition) is 4. The van der Waals surface area contributed by atoms with E-state index in [9.17, 15) is 14.4 Å². The minimum atomic E-state index is -0.845. The Morgan fingerprint density at radius 2 is 1.24 bits per heavy atom. The summed E-state index contributed by atoms with van der Waals surface area (Å²) in [6.07, 6.45) is 0.303. The van der Waals surface area contributed by atoms with Gasteiger partial charge < -0.3 is 10.1 Å². The third kappa shape index (κ3) is 5.42. The standard InChI is InChI=1S/C33H29NO4/c1-38-33(37)27(20-22-12-5-2-6-13-22)34-32(36)26-19-11-18-25(21-26)31(35)30-28(23-14-7-3-8-15-23)29(30)24-16-9-4-10-17-24/h2-19,21,27-30H,20H2,1H3,(H,34,36)/t27-,28-,29-/m0/s1. The summed E-state index contributed by atoms with van der Waals surface area (Å²) in [5.41, 5.74) is 3.98. The molecule has 0 spiro atoms. The van der Waals surface area contributed by atoms with Gasteiger partial charge in [0.15, 0.2) is 5.78 Å². The maximum Gasteiger partial charge on any atom is 0.328 e. The monoisotopic (exact) mass is 503 g/mol. The Balaban J connectivity index is 1.36. The average Bonchev–Trinajstić information content (AvgIpc) is 3.73. The maximum atomic E-state index is 13.8. The molecule has 5 rings (SSSR count). The fourth-order valence-corrected chi connectivity index (χ4v) is 5.25. The zero-order chi connectivity index (χ0) is 26.5. The third-order valence-electron chi connectivity index (χ3n) is 7.17. The number of carbonyl (C=O) groups is 3. The van der Waals surface area contributed by atoms with Gasteiger partial charge in [0.2, 0.25) is 0 Å². The molecule has 5 nitrogen and oxygen atoms in total. The number of Topliss-reactive ketones (excluding diaryl/α,β-unsaturated/α-hetero) is 1. The van der Waals surface area contributed by atoms with Gasteiger partial charge in [-0.15, -0.1) is 0 Å². The molecule has 0 unspecified atom stereocenters. The molecule has 1 aliphatic carbocycles. The summed E-state index contributed by atoms with van der Waals surface area (Å²) in [7, 11) is 1.30. The number of ether oxygens (including phenoxy) is 1. The Kier molecular flexibility index (Phi) is 7.45. The lowest BCUT2D eigenvalue weighted by Gasteiger charge is -2.17. The molecule has 0 heterocycles. The molecule has 1 amide bonds. The highest BCUT2D eigenvalue weighted by Gasteiger charge is 2.55. The predicted octanol–water partition coefficient (Wildman–Crippen LogP) is 5.58. The van der Waals surface area contributed by atoms with Crippen molar-refractivity contribution < 1.29 is 19.1 Å². The Morgan fingerprint density at radius 1 is 0.711 bits per heavy atom. The van der Waals surface area contributed by atoms with E-state index >= 15 is 0 Å². The van der Waals surface area contributed by atoms with Crippen molar-refractivity contribution >= 4 is 17.7 Å². The highest BCUT2D eigenvalue weighted by atomic mass is 16.5. The molecule has 4 aromatic rings. The van der Waals surface area contributed by atoms with Crippen molar-refractivity contribution in [3.05, 3.63) is 143 Å². The van der Waals surface area contributed by atoms with Gasteiger partial charge in [-0.3, -0.25) is 9.59 Å². The zero-order valence-electron chi connectivity index (χ0n) is 21.1. The van der Waals surface area contributed by atoms with E-state index < -0.39 is 17.9 Å². The van der Waals surface area contributed by atoms with E-state index in [1.807, 2.05) is 66.7 Å². The lowest BCUT2D eigenvalue weighted by atomic mass is 10.00. The first-order valence-electron chi connectivity index (χ1n) is 12.7. The number of nitrogens with one attached hydrogen (secondary N) is 1. The smallest absolute Gasteiger partial charge is 0.328 e. The Labute approximate surface area is 222 Å². The van der Waals surface area contributed by atoms with Gasteiger partial charge in [0.25, 0.3) is 5.91 Å². The molecule has 0 aliphatic heterocycles. The number of hydrogen-bond donors (Lipinski definition) is 1. The molecule has 0 saturated heterocycles. The van der Waals surface area contributed by atoms with Gasteiger partial charge in [-0.1, -0.05) is 103 Å². The van der Waals surface area contributed by atoms with Crippen LogP contribution in [0.1, 0.15) is 49.2 Å². The summed E-state index contributed by atoms with van der Waals surface area (Å²) >= 11 is 0. The van der Waals surface area contributed by atoms with E-state index in [1.54, 1.807) is 24.3 Å². The number of esters is 1. The van der Waals surface area contributed by atoms with Gasteiger partial charge >= 0.3 is 5.97 Å². The van der Waals surface area contributed by atoms with E-state index in [4.69, 9.17) is 4.74 Å². The third-order valence-corrected chi connectivity index (χ3v) is 7.17. The minimum absolute atomic E-state index is 0.0103. The fourth-order valence-electron chi connectivity index (χ4n) is 5.25. The number of carbonyl (C=O) groups excluding carboxylic acids is 3. The van der Waals surface area contributed by atoms with Crippen molar-refractivity contribution in [3.8, 4) is 0 Å². The summed E-state index contributed by atoms with van der Waals surface area (Å²) in [6.45, 7) is 0. The summed E-state index contributed by atoms with van der Waals surface area (Å²) < 4.78 is 4.92. The SMILES string of the molecule is COC(=O)[C@H](Cc1ccccc1)NC(=O)c1cccc(C(=O)C2[C@@H](c3ccccc3)[C@@H]2c2ccccc2)c1. The average molecular weight is 504 g/mol. The fraction of sp³-hybridized carbons (Fsp3) is 0.182. The molecule has 1 saturated carbocycles. The van der Waals surface area contributed by atoms with Crippen LogP contribution in [0.25, 0.3) is 0 Å². The van der Waals surface area contributed by atoms with Crippen molar-refractivity contribution in [3.63, 3.8) is 0 Å². The number of methoxy groups -OCH3 is 1. The molecule has 5 heteroatoms. The number of amides is 1. The van der Waals surface area contributed by atoms with E-state index in [2.05, 4.69) is 29.6 Å². The lowest BCUT2D eigenvalue weighted by molar-refractivity contribution is -0.142. The molecule has 3 atom stereocenters. The van der Waals surface area contributed by atoms with Crippen molar-refractivity contribution in [2.75, 3.05) is 7.11 Å². The van der Waals surface area contributed by atoms with Crippen LogP contribution in [0.5, 0.6) is 0 Å². The molecule has 0 aromatic heterocycles. The van der Waals surface area contributed by atoms with Crippen molar-refractivity contribution in [2.45, 2.75) is 24.3 Å². The molecule has 0 bridgehead atoms. The summed E-state index contributed by atoms with van der Waals surface area (Å²) in [5, 5.41) is 2.79. The second kappa shape index (κ2) is 11.3. The van der Waals surface area contributed by atoms with Gasteiger partial charge in [-0.25, -0.2) is 4.79 Å². The Hall–Kier alpha value is -4.51. The van der Waals surface area contributed by atoms with E-state index in [0.29, 0.717) is 17.5 Å². The van der Waals surface area contributed by atoms with Crippen LogP contribution < -0.4 is 5.32 Å². The second-order valence-corrected chi connectivity index (χ2v) is 9.58. The van der Waals surface area contributed by atoms with Gasteiger partial charge in [0.05, 0.1) is 7.11 Å². The van der Waals surface area contributed by atoms with Crippen LogP contribution in [-0.2, 0) is 16.0 Å². The van der Waals surface area contributed by atoms with Gasteiger partial charge in [0.1, 0.15) is 6.04 Å². The highest BCUT2D eigenvalue weighted by molar-refractivity contribution is 6.04. The van der Waals surface area contributed by atoms with Crippen LogP contribution in [0.2, 0.25) is 0 Å². The maximum absolute atomic E-state index is 13.8. The molecule has 1 aliphatic rings. The molecular weight excluding hydrogens is 474 g/mol. The summed E-state index contributed by atoms with van der Waals surface area (Å²) in [4.78, 5) is 39.3. The highest BCUT2D eigenvalue weighted by Crippen LogP contribution is 2.61. The Morgan fingerprint density at radius 3 is 1.79 bits per heavy atom. The minimum Gasteiger partial charge on any atom is -0.467 e. The normalized spacial score (nSPS) is 18.7. The van der Waals surface area contributed by atoms with E-state index in [-0.39, 0.29) is 23.5 Å². The number of ketones is 1. The van der Waals surface area contributed by atoms with Crippen LogP contribution in [0.4, 0.5) is 0 Å². The lowest BCUT2D eigenvalue weighted by Crippen LogP contribution is -2.43. The van der Waals surface area contributed by atoms with Crippen LogP contribution in [0.3, 0.4) is 0 Å². The Bertz CT molecular complexity index is 1370. The first-order chi connectivity index (χ1) is 18.6. The molecule has 1 fully saturated rings. The predicted molar refractivity (Wildman–Crippen MR) is 146 cm³/mol. The molecule has 190 valence electrons.